The fourth-order valence-corrected chi connectivity index (χ4v) is 3.61. The first-order chi connectivity index (χ1) is 14.6. The number of rotatable bonds is 12. The molecular formula is C23H40IN7. The molecular weight excluding hydrogens is 501 g/mol. The zero-order chi connectivity index (χ0) is 21.8. The van der Waals surface area contributed by atoms with Crippen LogP contribution in [0.4, 0.5) is 0 Å². The zero-order valence-corrected chi connectivity index (χ0v) is 22.0. The van der Waals surface area contributed by atoms with Crippen LogP contribution in [0.3, 0.4) is 0 Å². The highest BCUT2D eigenvalue weighted by atomic mass is 127. The third-order valence-corrected chi connectivity index (χ3v) is 5.72. The number of benzene rings is 1. The van der Waals surface area contributed by atoms with Gasteiger partial charge >= 0.3 is 0 Å². The number of aryl methyl sites for hydroxylation is 1. The monoisotopic (exact) mass is 541 g/mol. The van der Waals surface area contributed by atoms with Gasteiger partial charge in [0.25, 0.3) is 0 Å². The van der Waals surface area contributed by atoms with E-state index < -0.39 is 0 Å². The van der Waals surface area contributed by atoms with Gasteiger partial charge in [0.05, 0.1) is 6.54 Å². The Kier molecular flexibility index (Phi) is 12.7. The van der Waals surface area contributed by atoms with Crippen LogP contribution in [-0.4, -0.2) is 45.9 Å². The lowest BCUT2D eigenvalue weighted by Crippen LogP contribution is -2.49. The molecule has 0 aliphatic rings. The van der Waals surface area contributed by atoms with Crippen LogP contribution in [0.1, 0.15) is 64.9 Å². The van der Waals surface area contributed by atoms with Crippen molar-refractivity contribution in [2.45, 2.75) is 72.0 Å². The van der Waals surface area contributed by atoms with E-state index in [4.69, 9.17) is 4.99 Å². The molecule has 7 nitrogen and oxygen atoms in total. The largest absolute Gasteiger partial charge is 0.357 e. The van der Waals surface area contributed by atoms with Crippen molar-refractivity contribution in [3.63, 3.8) is 0 Å². The number of nitrogens with zero attached hydrogens (tertiary/aromatic N) is 4. The van der Waals surface area contributed by atoms with Gasteiger partial charge in [-0.05, 0) is 32.3 Å². The molecule has 0 fully saturated rings. The Morgan fingerprint density at radius 3 is 2.42 bits per heavy atom. The molecule has 0 saturated heterocycles. The Hall–Kier alpha value is -1.68. The van der Waals surface area contributed by atoms with E-state index in [-0.39, 0.29) is 35.6 Å². The summed E-state index contributed by atoms with van der Waals surface area (Å²) in [7, 11) is 0. The minimum absolute atomic E-state index is 0. The Bertz CT molecular complexity index is 756. The molecule has 0 bridgehead atoms. The number of aromatic nitrogens is 3. The summed E-state index contributed by atoms with van der Waals surface area (Å²) in [6, 6.07) is 10.9. The maximum Gasteiger partial charge on any atom is 0.191 e. The number of aliphatic imine (C=N–C) groups is 1. The standard InChI is InChI=1S/C23H39N7.HI/c1-6-21-29-27-18-30(21)16-15-25-22(24-9-4)26-17-23(7-2,8-3)28-19(5)20-13-11-10-12-14-20;/h10-14,18-19,28H,6-9,15-17H2,1-5H3,(H2,24,25,26);1H. The molecule has 0 radical (unpaired) electrons. The van der Waals surface area contributed by atoms with Gasteiger partial charge in [-0.2, -0.15) is 0 Å². The normalized spacial score (nSPS) is 12.9. The van der Waals surface area contributed by atoms with Gasteiger partial charge in [-0.1, -0.05) is 51.1 Å². The summed E-state index contributed by atoms with van der Waals surface area (Å²) in [6.07, 6.45) is 4.71. The Balaban J connectivity index is 0.00000480. The smallest absolute Gasteiger partial charge is 0.191 e. The van der Waals surface area contributed by atoms with Crippen molar-refractivity contribution < 1.29 is 0 Å². The molecule has 0 aliphatic carbocycles. The summed E-state index contributed by atoms with van der Waals surface area (Å²) in [4.78, 5) is 4.93. The van der Waals surface area contributed by atoms with E-state index in [2.05, 4.69) is 95.7 Å². The number of hydrogen-bond donors (Lipinski definition) is 3. The highest BCUT2D eigenvalue weighted by Gasteiger charge is 2.28. The summed E-state index contributed by atoms with van der Waals surface area (Å²) in [5.41, 5.74) is 1.26. The molecule has 3 N–H and O–H groups in total. The maximum atomic E-state index is 4.93. The van der Waals surface area contributed by atoms with Crippen molar-refractivity contribution in [1.82, 2.24) is 30.7 Å². The molecule has 0 amide bonds. The Labute approximate surface area is 204 Å². The molecule has 1 unspecified atom stereocenters. The average molecular weight is 542 g/mol. The van der Waals surface area contributed by atoms with Crippen molar-refractivity contribution in [1.29, 1.82) is 0 Å². The van der Waals surface area contributed by atoms with Gasteiger partial charge in [0.15, 0.2) is 5.96 Å². The van der Waals surface area contributed by atoms with Crippen LogP contribution in [0.2, 0.25) is 0 Å². The van der Waals surface area contributed by atoms with Crippen LogP contribution in [-0.2, 0) is 13.0 Å². The highest BCUT2D eigenvalue weighted by molar-refractivity contribution is 14.0. The van der Waals surface area contributed by atoms with E-state index in [1.807, 2.05) is 0 Å². The molecule has 31 heavy (non-hydrogen) atoms. The summed E-state index contributed by atoms with van der Waals surface area (Å²) in [5, 5.41) is 18.8. The quantitative estimate of drug-likeness (QED) is 0.216. The first kappa shape index (κ1) is 27.4. The fraction of sp³-hybridized carbons (Fsp3) is 0.609. The summed E-state index contributed by atoms with van der Waals surface area (Å²) in [6.45, 7) is 14.0. The SMILES string of the molecule is CCNC(=NCC(CC)(CC)NC(C)c1ccccc1)NCCn1cnnc1CC.I. The predicted octanol–water partition coefficient (Wildman–Crippen LogP) is 3.92. The highest BCUT2D eigenvalue weighted by Crippen LogP contribution is 2.22. The van der Waals surface area contributed by atoms with Gasteiger partial charge in [-0.25, -0.2) is 0 Å². The van der Waals surface area contributed by atoms with Crippen LogP contribution >= 0.6 is 24.0 Å². The number of nitrogens with one attached hydrogen (secondary N) is 3. The second-order valence-corrected chi connectivity index (χ2v) is 7.68. The summed E-state index contributed by atoms with van der Waals surface area (Å²) in [5.74, 6) is 1.86. The van der Waals surface area contributed by atoms with E-state index in [9.17, 15) is 0 Å². The molecule has 1 heterocycles. The van der Waals surface area contributed by atoms with E-state index in [1.54, 1.807) is 6.33 Å². The minimum Gasteiger partial charge on any atom is -0.357 e. The van der Waals surface area contributed by atoms with Crippen molar-refractivity contribution in [3.05, 3.63) is 48.0 Å². The summed E-state index contributed by atoms with van der Waals surface area (Å²) >= 11 is 0. The average Bonchev–Trinajstić information content (AvgIpc) is 3.24. The second kappa shape index (κ2) is 14.4. The van der Waals surface area contributed by atoms with Gasteiger partial charge in [0, 0.05) is 37.6 Å². The van der Waals surface area contributed by atoms with Crippen LogP contribution in [0, 0.1) is 0 Å². The van der Waals surface area contributed by atoms with E-state index in [0.29, 0.717) is 0 Å². The first-order valence-electron chi connectivity index (χ1n) is 11.3. The molecule has 1 atom stereocenters. The van der Waals surface area contributed by atoms with Crippen LogP contribution < -0.4 is 16.0 Å². The number of halogens is 1. The fourth-order valence-electron chi connectivity index (χ4n) is 3.61. The van der Waals surface area contributed by atoms with Crippen LogP contribution in [0.15, 0.2) is 41.7 Å². The van der Waals surface area contributed by atoms with Crippen molar-refractivity contribution in [3.8, 4) is 0 Å². The topological polar surface area (TPSA) is 79.2 Å². The lowest BCUT2D eigenvalue weighted by molar-refractivity contribution is 0.280. The van der Waals surface area contributed by atoms with Crippen LogP contribution in [0.5, 0.6) is 0 Å². The zero-order valence-electron chi connectivity index (χ0n) is 19.7. The number of guanidine groups is 1. The third-order valence-electron chi connectivity index (χ3n) is 5.72. The van der Waals surface area contributed by atoms with Gasteiger partial charge in [0.2, 0.25) is 0 Å². The number of hydrogen-bond acceptors (Lipinski definition) is 4. The van der Waals surface area contributed by atoms with E-state index >= 15 is 0 Å². The summed E-state index contributed by atoms with van der Waals surface area (Å²) < 4.78 is 2.09. The Morgan fingerprint density at radius 2 is 1.81 bits per heavy atom. The maximum absolute atomic E-state index is 4.93. The van der Waals surface area contributed by atoms with Crippen molar-refractivity contribution in [2.75, 3.05) is 19.6 Å². The van der Waals surface area contributed by atoms with Gasteiger partial charge in [-0.15, -0.1) is 34.2 Å². The predicted molar refractivity (Wildman–Crippen MR) is 140 cm³/mol. The molecule has 0 saturated carbocycles. The molecule has 8 heteroatoms. The molecule has 174 valence electrons. The van der Waals surface area contributed by atoms with Crippen molar-refractivity contribution in [2.24, 2.45) is 4.99 Å². The molecule has 0 spiro atoms. The van der Waals surface area contributed by atoms with Gasteiger partial charge in [0.1, 0.15) is 12.2 Å². The lowest BCUT2D eigenvalue weighted by atomic mass is 9.91. The van der Waals surface area contributed by atoms with E-state index in [0.717, 1.165) is 57.2 Å². The van der Waals surface area contributed by atoms with Crippen LogP contribution in [0.25, 0.3) is 0 Å². The molecule has 2 rings (SSSR count). The van der Waals surface area contributed by atoms with E-state index in [1.165, 1.54) is 5.56 Å². The Morgan fingerprint density at radius 1 is 1.10 bits per heavy atom. The van der Waals surface area contributed by atoms with Gasteiger partial charge < -0.3 is 20.5 Å². The lowest BCUT2D eigenvalue weighted by Gasteiger charge is -2.35. The third kappa shape index (κ3) is 8.40. The second-order valence-electron chi connectivity index (χ2n) is 7.68. The molecule has 1 aromatic carbocycles. The van der Waals surface area contributed by atoms with Crippen molar-refractivity contribution >= 4 is 29.9 Å². The van der Waals surface area contributed by atoms with Gasteiger partial charge in [-0.3, -0.25) is 4.99 Å². The molecule has 1 aromatic heterocycles. The molecule has 0 aliphatic heterocycles. The molecule has 2 aromatic rings. The minimum atomic E-state index is -0.0404. The first-order valence-corrected chi connectivity index (χ1v) is 11.3.